The van der Waals surface area contributed by atoms with E-state index in [1.165, 1.54) is 6.07 Å². The standard InChI is InChI=1S/C34H40ClF3N2O3/c1-2-42-32(41)25-40-19-10-17-29(23-40)43-21-11-20-39(22-28-16-9-18-31(33(28)35)34(36,37)38)24-30(26-12-5-3-6-13-26)27-14-7-4-8-15-27/h3-9,12-16,18,29-30H,2,10-11,17,19-25H2,1H3. The molecule has 1 saturated heterocycles. The fraction of sp³-hybridized carbons (Fsp3) is 0.441. The minimum absolute atomic E-state index is 0.0164. The van der Waals surface area contributed by atoms with Crippen LogP contribution < -0.4 is 0 Å². The number of benzene rings is 3. The Morgan fingerprint density at radius 2 is 1.70 bits per heavy atom. The quantitative estimate of drug-likeness (QED) is 0.139. The molecule has 232 valence electrons. The minimum Gasteiger partial charge on any atom is -0.465 e. The lowest BCUT2D eigenvalue weighted by molar-refractivity contribution is -0.145. The highest BCUT2D eigenvalue weighted by Crippen LogP contribution is 2.37. The number of likely N-dealkylation sites (tertiary alicyclic amines) is 1. The molecule has 3 aromatic carbocycles. The average molecular weight is 617 g/mol. The maximum absolute atomic E-state index is 13.6. The van der Waals surface area contributed by atoms with Crippen LogP contribution in [0.15, 0.2) is 78.9 Å². The number of nitrogens with zero attached hydrogens (tertiary/aromatic N) is 2. The van der Waals surface area contributed by atoms with Crippen molar-refractivity contribution in [1.29, 1.82) is 0 Å². The summed E-state index contributed by atoms with van der Waals surface area (Å²) in [7, 11) is 0. The van der Waals surface area contributed by atoms with Gasteiger partial charge in [0.1, 0.15) is 0 Å². The predicted octanol–water partition coefficient (Wildman–Crippen LogP) is 7.43. The average Bonchev–Trinajstić information content (AvgIpc) is 2.99. The molecule has 0 aliphatic carbocycles. The first kappa shape index (κ1) is 33.0. The maximum atomic E-state index is 13.6. The van der Waals surface area contributed by atoms with Crippen LogP contribution in [0.4, 0.5) is 13.2 Å². The second-order valence-corrected chi connectivity index (χ2v) is 11.3. The van der Waals surface area contributed by atoms with E-state index in [0.717, 1.165) is 36.6 Å². The van der Waals surface area contributed by atoms with Gasteiger partial charge in [0.2, 0.25) is 0 Å². The summed E-state index contributed by atoms with van der Waals surface area (Å²) in [6, 6.07) is 24.4. The lowest BCUT2D eigenvalue weighted by atomic mass is 9.90. The fourth-order valence-electron chi connectivity index (χ4n) is 5.65. The third kappa shape index (κ3) is 10.1. The molecule has 0 saturated carbocycles. The zero-order valence-corrected chi connectivity index (χ0v) is 25.3. The van der Waals surface area contributed by atoms with E-state index in [1.54, 1.807) is 13.0 Å². The van der Waals surface area contributed by atoms with Crippen molar-refractivity contribution in [2.75, 3.05) is 45.9 Å². The third-order valence-corrected chi connectivity index (χ3v) is 8.16. The molecule has 1 unspecified atom stereocenters. The number of carbonyl (C=O) groups excluding carboxylic acids is 1. The number of hydrogen-bond acceptors (Lipinski definition) is 5. The van der Waals surface area contributed by atoms with E-state index in [4.69, 9.17) is 21.1 Å². The van der Waals surface area contributed by atoms with Crippen molar-refractivity contribution in [3.8, 4) is 0 Å². The molecule has 0 amide bonds. The molecular weight excluding hydrogens is 577 g/mol. The topological polar surface area (TPSA) is 42.0 Å². The van der Waals surface area contributed by atoms with Crippen molar-refractivity contribution in [1.82, 2.24) is 9.80 Å². The van der Waals surface area contributed by atoms with Gasteiger partial charge in [0, 0.05) is 38.7 Å². The molecule has 9 heteroatoms. The summed E-state index contributed by atoms with van der Waals surface area (Å²) in [5.41, 5.74) is 1.89. The summed E-state index contributed by atoms with van der Waals surface area (Å²) in [4.78, 5) is 16.2. The monoisotopic (exact) mass is 616 g/mol. The number of esters is 1. The molecule has 0 spiro atoms. The van der Waals surface area contributed by atoms with Crippen LogP contribution >= 0.6 is 11.6 Å². The number of piperidine rings is 1. The maximum Gasteiger partial charge on any atom is 0.417 e. The Morgan fingerprint density at radius 3 is 2.33 bits per heavy atom. The summed E-state index contributed by atoms with van der Waals surface area (Å²) in [6.07, 6.45) is -1.94. The fourth-order valence-corrected chi connectivity index (χ4v) is 5.94. The van der Waals surface area contributed by atoms with Gasteiger partial charge in [0.15, 0.2) is 0 Å². The summed E-state index contributed by atoms with van der Waals surface area (Å²) < 4.78 is 52.2. The van der Waals surface area contributed by atoms with Crippen LogP contribution in [-0.2, 0) is 27.0 Å². The van der Waals surface area contributed by atoms with Gasteiger partial charge in [-0.15, -0.1) is 0 Å². The highest BCUT2D eigenvalue weighted by molar-refractivity contribution is 6.32. The minimum atomic E-state index is -4.52. The van der Waals surface area contributed by atoms with Crippen molar-refractivity contribution < 1.29 is 27.4 Å². The summed E-state index contributed by atoms with van der Waals surface area (Å²) in [5, 5.41) is -0.254. The van der Waals surface area contributed by atoms with E-state index in [1.807, 2.05) is 36.4 Å². The first-order valence-electron chi connectivity index (χ1n) is 14.9. The first-order valence-corrected chi connectivity index (χ1v) is 15.3. The molecule has 1 atom stereocenters. The number of halogens is 4. The van der Waals surface area contributed by atoms with Crippen molar-refractivity contribution in [2.24, 2.45) is 0 Å². The molecular formula is C34H40ClF3N2O3. The molecule has 43 heavy (non-hydrogen) atoms. The SMILES string of the molecule is CCOC(=O)CN1CCCC(OCCCN(Cc2cccc(C(F)(F)F)c2Cl)CC(c2ccccc2)c2ccccc2)C1. The highest BCUT2D eigenvalue weighted by Gasteiger charge is 2.34. The Morgan fingerprint density at radius 1 is 1.02 bits per heavy atom. The van der Waals surface area contributed by atoms with E-state index in [2.05, 4.69) is 34.1 Å². The lowest BCUT2D eigenvalue weighted by Gasteiger charge is -2.32. The second kappa shape index (κ2) is 16.2. The van der Waals surface area contributed by atoms with Crippen LogP contribution in [0.3, 0.4) is 0 Å². The first-order chi connectivity index (χ1) is 20.7. The van der Waals surface area contributed by atoms with Gasteiger partial charge >= 0.3 is 12.1 Å². The van der Waals surface area contributed by atoms with Gasteiger partial charge in [-0.3, -0.25) is 14.6 Å². The van der Waals surface area contributed by atoms with Gasteiger partial charge in [-0.1, -0.05) is 84.4 Å². The second-order valence-electron chi connectivity index (χ2n) is 10.9. The van der Waals surface area contributed by atoms with Crippen molar-refractivity contribution >= 4 is 17.6 Å². The van der Waals surface area contributed by atoms with Crippen molar-refractivity contribution in [3.05, 3.63) is 106 Å². The summed E-state index contributed by atoms with van der Waals surface area (Å²) in [5.74, 6) is -0.207. The molecule has 1 aliphatic heterocycles. The summed E-state index contributed by atoms with van der Waals surface area (Å²) >= 11 is 6.33. The van der Waals surface area contributed by atoms with Gasteiger partial charge in [-0.05, 0) is 55.5 Å². The molecule has 0 radical (unpaired) electrons. The number of ether oxygens (including phenoxy) is 2. The van der Waals surface area contributed by atoms with Crippen LogP contribution in [0.2, 0.25) is 5.02 Å². The molecule has 1 fully saturated rings. The van der Waals surface area contributed by atoms with Gasteiger partial charge < -0.3 is 9.47 Å². The van der Waals surface area contributed by atoms with Crippen LogP contribution in [0.5, 0.6) is 0 Å². The predicted molar refractivity (Wildman–Crippen MR) is 163 cm³/mol. The third-order valence-electron chi connectivity index (χ3n) is 7.72. The van der Waals surface area contributed by atoms with E-state index in [9.17, 15) is 18.0 Å². The van der Waals surface area contributed by atoms with Crippen LogP contribution in [0.1, 0.15) is 54.4 Å². The van der Waals surface area contributed by atoms with Gasteiger partial charge in [0.05, 0.1) is 29.8 Å². The Bertz CT molecular complexity index is 1240. The Labute approximate surface area is 257 Å². The smallest absolute Gasteiger partial charge is 0.417 e. The zero-order chi connectivity index (χ0) is 30.7. The molecule has 0 aromatic heterocycles. The molecule has 4 rings (SSSR count). The Kier molecular flexibility index (Phi) is 12.5. The van der Waals surface area contributed by atoms with E-state index < -0.39 is 11.7 Å². The number of hydrogen-bond donors (Lipinski definition) is 0. The summed E-state index contributed by atoms with van der Waals surface area (Å²) in [6.45, 7) is 5.92. The van der Waals surface area contributed by atoms with Gasteiger partial charge in [-0.25, -0.2) is 0 Å². The number of carbonyl (C=O) groups is 1. The molecule has 1 heterocycles. The molecule has 1 aliphatic rings. The Balaban J connectivity index is 1.46. The van der Waals surface area contributed by atoms with Crippen LogP contribution in [0, 0.1) is 0 Å². The number of alkyl halides is 3. The van der Waals surface area contributed by atoms with Gasteiger partial charge in [-0.2, -0.15) is 13.2 Å². The van der Waals surface area contributed by atoms with E-state index in [-0.39, 0.29) is 36.1 Å². The van der Waals surface area contributed by atoms with E-state index >= 15 is 0 Å². The normalized spacial score (nSPS) is 16.1. The van der Waals surface area contributed by atoms with Crippen LogP contribution in [-0.4, -0.2) is 67.8 Å². The van der Waals surface area contributed by atoms with Crippen molar-refractivity contribution in [3.63, 3.8) is 0 Å². The number of rotatable bonds is 14. The molecule has 0 N–H and O–H groups in total. The lowest BCUT2D eigenvalue weighted by Crippen LogP contribution is -2.42. The molecule has 5 nitrogen and oxygen atoms in total. The van der Waals surface area contributed by atoms with Crippen molar-refractivity contribution in [2.45, 2.75) is 50.9 Å². The molecule has 0 bridgehead atoms. The van der Waals surface area contributed by atoms with Gasteiger partial charge in [0.25, 0.3) is 0 Å². The van der Waals surface area contributed by atoms with E-state index in [0.29, 0.717) is 44.8 Å². The highest BCUT2D eigenvalue weighted by atomic mass is 35.5. The largest absolute Gasteiger partial charge is 0.465 e. The molecule has 3 aromatic rings. The zero-order valence-electron chi connectivity index (χ0n) is 24.6. The van der Waals surface area contributed by atoms with Crippen LogP contribution in [0.25, 0.3) is 0 Å². The Hall–Kier alpha value is -2.91.